The van der Waals surface area contributed by atoms with E-state index < -0.39 is 0 Å². The highest BCUT2D eigenvalue weighted by molar-refractivity contribution is 5.79. The van der Waals surface area contributed by atoms with Gasteiger partial charge in [-0.1, -0.05) is 41.5 Å². The molecule has 0 aromatic rings. The Kier molecular flexibility index (Phi) is 5.47. The van der Waals surface area contributed by atoms with Crippen LogP contribution in [0.1, 0.15) is 48.0 Å². The van der Waals surface area contributed by atoms with E-state index in [1.165, 1.54) is 0 Å². The maximum Gasteiger partial charge on any atom is 0.225 e. The second-order valence-electron chi connectivity index (χ2n) is 6.66. The highest BCUT2D eigenvalue weighted by Gasteiger charge is 2.34. The first-order chi connectivity index (χ1) is 7.08. The molecule has 3 heteroatoms. The van der Waals surface area contributed by atoms with Gasteiger partial charge in [-0.05, 0) is 17.3 Å². The third-order valence-electron chi connectivity index (χ3n) is 2.57. The lowest BCUT2D eigenvalue weighted by Crippen LogP contribution is -2.40. The number of amides is 1. The van der Waals surface area contributed by atoms with Crippen molar-refractivity contribution in [1.29, 1.82) is 0 Å². The van der Waals surface area contributed by atoms with Crippen molar-refractivity contribution < 1.29 is 9.53 Å². The van der Waals surface area contributed by atoms with E-state index in [2.05, 4.69) is 46.9 Å². The van der Waals surface area contributed by atoms with Crippen LogP contribution in [0.2, 0.25) is 0 Å². The summed E-state index contributed by atoms with van der Waals surface area (Å²) in [5, 5.41) is 2.80. The molecule has 0 aromatic carbocycles. The third-order valence-corrected chi connectivity index (χ3v) is 2.57. The fourth-order valence-electron chi connectivity index (χ4n) is 1.67. The number of carbonyl (C=O) groups is 1. The SMILES string of the molecule is COCNC(=O)C(CC(C)(C)C)C(C)(C)C. The minimum absolute atomic E-state index is 0.0163. The van der Waals surface area contributed by atoms with Crippen LogP contribution in [-0.4, -0.2) is 19.7 Å². The molecular weight excluding hydrogens is 202 g/mol. The van der Waals surface area contributed by atoms with Gasteiger partial charge in [0.25, 0.3) is 0 Å². The summed E-state index contributed by atoms with van der Waals surface area (Å²) in [5.74, 6) is 0.104. The standard InChI is InChI=1S/C13H27NO2/c1-12(2,3)8-10(13(4,5)6)11(15)14-9-16-7/h10H,8-9H2,1-7H3,(H,14,15). The molecular formula is C13H27NO2. The van der Waals surface area contributed by atoms with Crippen LogP contribution in [0.5, 0.6) is 0 Å². The molecule has 1 unspecified atom stereocenters. The Morgan fingerprint density at radius 3 is 2.00 bits per heavy atom. The fraction of sp³-hybridized carbons (Fsp3) is 0.923. The number of nitrogens with one attached hydrogen (secondary N) is 1. The molecule has 0 rings (SSSR count). The van der Waals surface area contributed by atoms with E-state index >= 15 is 0 Å². The molecule has 0 aromatic heterocycles. The Balaban J connectivity index is 4.62. The maximum atomic E-state index is 12.0. The normalized spacial score (nSPS) is 14.7. The second kappa shape index (κ2) is 5.67. The van der Waals surface area contributed by atoms with E-state index in [4.69, 9.17) is 4.74 Å². The molecule has 0 saturated heterocycles. The summed E-state index contributed by atoms with van der Waals surface area (Å²) >= 11 is 0. The molecule has 1 atom stereocenters. The van der Waals surface area contributed by atoms with E-state index in [0.717, 1.165) is 6.42 Å². The third kappa shape index (κ3) is 6.11. The van der Waals surface area contributed by atoms with Crippen LogP contribution in [-0.2, 0) is 9.53 Å². The van der Waals surface area contributed by atoms with E-state index in [0.29, 0.717) is 0 Å². The van der Waals surface area contributed by atoms with Gasteiger partial charge < -0.3 is 10.1 Å². The Morgan fingerprint density at radius 2 is 1.69 bits per heavy atom. The van der Waals surface area contributed by atoms with E-state index in [1.807, 2.05) is 0 Å². The van der Waals surface area contributed by atoms with Crippen molar-refractivity contribution in [3.05, 3.63) is 0 Å². The highest BCUT2D eigenvalue weighted by atomic mass is 16.5. The topological polar surface area (TPSA) is 38.3 Å². The molecule has 0 aliphatic rings. The summed E-state index contributed by atoms with van der Waals surface area (Å²) in [5.41, 5.74) is 0.132. The average molecular weight is 229 g/mol. The zero-order valence-corrected chi connectivity index (χ0v) is 11.8. The lowest BCUT2D eigenvalue weighted by molar-refractivity contribution is -0.131. The molecule has 0 aliphatic carbocycles. The lowest BCUT2D eigenvalue weighted by atomic mass is 9.72. The number of carbonyl (C=O) groups excluding carboxylic acids is 1. The molecule has 0 heterocycles. The van der Waals surface area contributed by atoms with E-state index in [1.54, 1.807) is 7.11 Å². The zero-order chi connectivity index (χ0) is 13.0. The summed E-state index contributed by atoms with van der Waals surface area (Å²) in [6.07, 6.45) is 0.881. The predicted molar refractivity (Wildman–Crippen MR) is 67.0 cm³/mol. The summed E-state index contributed by atoms with van der Waals surface area (Å²) in [6.45, 7) is 13.1. The molecule has 0 spiro atoms. The molecule has 0 fully saturated rings. The molecule has 0 saturated carbocycles. The number of ether oxygens (including phenoxy) is 1. The molecule has 1 amide bonds. The quantitative estimate of drug-likeness (QED) is 0.753. The highest BCUT2D eigenvalue weighted by Crippen LogP contribution is 2.35. The van der Waals surface area contributed by atoms with Crippen molar-refractivity contribution in [1.82, 2.24) is 5.32 Å². The summed E-state index contributed by atoms with van der Waals surface area (Å²) < 4.78 is 4.87. The van der Waals surface area contributed by atoms with Gasteiger partial charge in [-0.3, -0.25) is 4.79 Å². The minimum atomic E-state index is -0.0227. The number of rotatable bonds is 4. The molecule has 0 bridgehead atoms. The van der Waals surface area contributed by atoms with Gasteiger partial charge in [0.2, 0.25) is 5.91 Å². The van der Waals surface area contributed by atoms with E-state index in [-0.39, 0.29) is 29.4 Å². The van der Waals surface area contributed by atoms with Gasteiger partial charge >= 0.3 is 0 Å². The monoisotopic (exact) mass is 229 g/mol. The van der Waals surface area contributed by atoms with Crippen LogP contribution in [0.3, 0.4) is 0 Å². The van der Waals surface area contributed by atoms with Gasteiger partial charge in [0, 0.05) is 13.0 Å². The predicted octanol–water partition coefficient (Wildman–Crippen LogP) is 2.81. The number of hydrogen-bond donors (Lipinski definition) is 1. The van der Waals surface area contributed by atoms with Crippen molar-refractivity contribution in [3.8, 4) is 0 Å². The maximum absolute atomic E-state index is 12.0. The van der Waals surface area contributed by atoms with Gasteiger partial charge in [-0.2, -0.15) is 0 Å². The Hall–Kier alpha value is -0.570. The minimum Gasteiger partial charge on any atom is -0.364 e. The Labute approximate surface area is 99.9 Å². The Bertz CT molecular complexity index is 223. The molecule has 3 nitrogen and oxygen atoms in total. The van der Waals surface area contributed by atoms with Gasteiger partial charge in [0.15, 0.2) is 0 Å². The molecule has 16 heavy (non-hydrogen) atoms. The van der Waals surface area contributed by atoms with Crippen molar-refractivity contribution in [2.45, 2.75) is 48.0 Å². The first-order valence-electron chi connectivity index (χ1n) is 5.84. The second-order valence-corrected chi connectivity index (χ2v) is 6.66. The van der Waals surface area contributed by atoms with Crippen molar-refractivity contribution >= 4 is 5.91 Å². The fourth-order valence-corrected chi connectivity index (χ4v) is 1.67. The van der Waals surface area contributed by atoms with Gasteiger partial charge in [0.1, 0.15) is 6.73 Å². The van der Waals surface area contributed by atoms with Crippen LogP contribution in [0, 0.1) is 16.7 Å². The van der Waals surface area contributed by atoms with Crippen LogP contribution < -0.4 is 5.32 Å². The summed E-state index contributed by atoms with van der Waals surface area (Å²) in [7, 11) is 1.58. The lowest BCUT2D eigenvalue weighted by Gasteiger charge is -2.34. The molecule has 0 radical (unpaired) electrons. The average Bonchev–Trinajstić information content (AvgIpc) is 2.07. The van der Waals surface area contributed by atoms with E-state index in [9.17, 15) is 4.79 Å². The number of hydrogen-bond acceptors (Lipinski definition) is 2. The van der Waals surface area contributed by atoms with Gasteiger partial charge in [0.05, 0.1) is 0 Å². The first kappa shape index (κ1) is 15.4. The molecule has 1 N–H and O–H groups in total. The smallest absolute Gasteiger partial charge is 0.225 e. The van der Waals surface area contributed by atoms with Crippen LogP contribution >= 0.6 is 0 Å². The van der Waals surface area contributed by atoms with Crippen molar-refractivity contribution in [3.63, 3.8) is 0 Å². The van der Waals surface area contributed by atoms with Crippen molar-refractivity contribution in [2.75, 3.05) is 13.8 Å². The van der Waals surface area contributed by atoms with Crippen LogP contribution in [0.15, 0.2) is 0 Å². The Morgan fingerprint density at radius 1 is 1.19 bits per heavy atom. The van der Waals surface area contributed by atoms with Crippen molar-refractivity contribution in [2.24, 2.45) is 16.7 Å². The largest absolute Gasteiger partial charge is 0.364 e. The van der Waals surface area contributed by atoms with Gasteiger partial charge in [-0.15, -0.1) is 0 Å². The summed E-state index contributed by atoms with van der Waals surface area (Å²) in [6, 6.07) is 0. The number of methoxy groups -OCH3 is 1. The molecule has 96 valence electrons. The van der Waals surface area contributed by atoms with Crippen LogP contribution in [0.4, 0.5) is 0 Å². The molecule has 0 aliphatic heterocycles. The first-order valence-corrected chi connectivity index (χ1v) is 5.84. The van der Waals surface area contributed by atoms with Crippen LogP contribution in [0.25, 0.3) is 0 Å². The summed E-state index contributed by atoms with van der Waals surface area (Å²) in [4.78, 5) is 12.0. The van der Waals surface area contributed by atoms with Gasteiger partial charge in [-0.25, -0.2) is 0 Å². The zero-order valence-electron chi connectivity index (χ0n) is 11.8.